The first-order chi connectivity index (χ1) is 13.1. The van der Waals surface area contributed by atoms with E-state index in [1.165, 1.54) is 12.1 Å². The number of likely N-dealkylation sites (tertiary alicyclic amines) is 1. The molecule has 0 spiro atoms. The molecular formula is C22H27F2NO2. The van der Waals surface area contributed by atoms with Gasteiger partial charge < -0.3 is 14.7 Å². The quantitative estimate of drug-likeness (QED) is 0.762. The van der Waals surface area contributed by atoms with Crippen molar-refractivity contribution in [3.8, 4) is 0 Å². The van der Waals surface area contributed by atoms with Gasteiger partial charge in [-0.3, -0.25) is 0 Å². The summed E-state index contributed by atoms with van der Waals surface area (Å²) in [5.74, 6) is 0.0910. The molecule has 3 nitrogen and oxygen atoms in total. The molecule has 1 aliphatic rings. The number of hydrogen-bond donors (Lipinski definition) is 1. The van der Waals surface area contributed by atoms with Gasteiger partial charge in [0.1, 0.15) is 11.6 Å². The first kappa shape index (κ1) is 19.9. The lowest BCUT2D eigenvalue weighted by molar-refractivity contribution is 0.00382. The van der Waals surface area contributed by atoms with Gasteiger partial charge in [0.15, 0.2) is 0 Å². The first-order valence-corrected chi connectivity index (χ1v) is 9.56. The second-order valence-electron chi connectivity index (χ2n) is 7.34. The fourth-order valence-electron chi connectivity index (χ4n) is 3.64. The summed E-state index contributed by atoms with van der Waals surface area (Å²) in [4.78, 5) is 2.24. The molecule has 1 fully saturated rings. The highest BCUT2D eigenvalue weighted by molar-refractivity contribution is 5.17. The molecule has 0 radical (unpaired) electrons. The molecule has 1 N–H and O–H groups in total. The van der Waals surface area contributed by atoms with E-state index in [0.717, 1.165) is 37.9 Å². The zero-order valence-corrected chi connectivity index (χ0v) is 15.5. The average Bonchev–Trinajstić information content (AvgIpc) is 2.65. The molecule has 0 saturated carbocycles. The second-order valence-corrected chi connectivity index (χ2v) is 7.34. The summed E-state index contributed by atoms with van der Waals surface area (Å²) in [5.41, 5.74) is 1.55. The lowest BCUT2D eigenvalue weighted by Crippen LogP contribution is -2.40. The lowest BCUT2D eigenvalue weighted by atomic mass is 9.90. The van der Waals surface area contributed by atoms with Crippen molar-refractivity contribution < 1.29 is 18.6 Å². The van der Waals surface area contributed by atoms with Crippen LogP contribution in [-0.4, -0.2) is 42.4 Å². The van der Waals surface area contributed by atoms with Crippen molar-refractivity contribution in [2.75, 3.05) is 26.2 Å². The number of aliphatic hydroxyl groups excluding tert-OH is 1. The molecule has 146 valence electrons. The number of β-amino-alcohol motifs (C(OH)–C–C–N with tert-alkyl or cyclic N) is 1. The van der Waals surface area contributed by atoms with Crippen LogP contribution in [0.2, 0.25) is 0 Å². The minimum atomic E-state index is -0.587. The summed E-state index contributed by atoms with van der Waals surface area (Å²) in [6, 6.07) is 13.3. The summed E-state index contributed by atoms with van der Waals surface area (Å²) in [7, 11) is 0. The van der Waals surface area contributed by atoms with Gasteiger partial charge >= 0.3 is 0 Å². The Kier molecular flexibility index (Phi) is 7.33. The van der Waals surface area contributed by atoms with Crippen molar-refractivity contribution in [1.82, 2.24) is 4.90 Å². The number of benzene rings is 2. The van der Waals surface area contributed by atoms with Crippen LogP contribution >= 0.6 is 0 Å². The number of ether oxygens (including phenoxy) is 1. The number of rotatable bonds is 8. The Balaban J connectivity index is 1.34. The highest BCUT2D eigenvalue weighted by Gasteiger charge is 2.21. The van der Waals surface area contributed by atoms with Crippen LogP contribution < -0.4 is 0 Å². The molecule has 1 saturated heterocycles. The number of piperidine rings is 1. The molecule has 27 heavy (non-hydrogen) atoms. The number of aliphatic hydroxyl groups is 1. The van der Waals surface area contributed by atoms with Crippen LogP contribution in [-0.2, 0) is 17.8 Å². The fourth-order valence-corrected chi connectivity index (χ4v) is 3.64. The number of hydrogen-bond acceptors (Lipinski definition) is 3. The van der Waals surface area contributed by atoms with E-state index in [0.29, 0.717) is 18.0 Å². The van der Waals surface area contributed by atoms with Crippen LogP contribution in [0, 0.1) is 17.6 Å². The Morgan fingerprint density at radius 1 is 1.07 bits per heavy atom. The standard InChI is InChI=1S/C22H27F2NO2/c23-20-6-3-4-18(13-20)12-17-8-10-25(11-9-17)14-21(26)16-27-15-19-5-1-2-7-22(19)24/h1-7,13,17,21,26H,8-12,14-16H2. The highest BCUT2D eigenvalue weighted by Crippen LogP contribution is 2.22. The van der Waals surface area contributed by atoms with Gasteiger partial charge in [-0.2, -0.15) is 0 Å². The molecule has 2 aromatic carbocycles. The number of halogens is 2. The van der Waals surface area contributed by atoms with Crippen LogP contribution in [0.25, 0.3) is 0 Å². The van der Waals surface area contributed by atoms with Crippen LogP contribution in [0.5, 0.6) is 0 Å². The van der Waals surface area contributed by atoms with Crippen LogP contribution in [0.15, 0.2) is 48.5 Å². The van der Waals surface area contributed by atoms with Crippen molar-refractivity contribution in [2.24, 2.45) is 5.92 Å². The average molecular weight is 375 g/mol. The fraction of sp³-hybridized carbons (Fsp3) is 0.455. The first-order valence-electron chi connectivity index (χ1n) is 9.56. The molecule has 1 atom stereocenters. The zero-order chi connectivity index (χ0) is 19.1. The molecule has 0 amide bonds. The molecule has 1 heterocycles. The largest absolute Gasteiger partial charge is 0.389 e. The Morgan fingerprint density at radius 3 is 2.59 bits per heavy atom. The van der Waals surface area contributed by atoms with E-state index >= 15 is 0 Å². The van der Waals surface area contributed by atoms with E-state index in [1.807, 2.05) is 6.07 Å². The maximum atomic E-state index is 13.5. The van der Waals surface area contributed by atoms with E-state index in [4.69, 9.17) is 4.74 Å². The van der Waals surface area contributed by atoms with E-state index in [2.05, 4.69) is 4.90 Å². The smallest absolute Gasteiger partial charge is 0.128 e. The minimum absolute atomic E-state index is 0.166. The predicted octanol–water partition coefficient (Wildman–Crippen LogP) is 3.80. The van der Waals surface area contributed by atoms with Gasteiger partial charge in [-0.25, -0.2) is 8.78 Å². The molecule has 3 rings (SSSR count). The van der Waals surface area contributed by atoms with E-state index in [9.17, 15) is 13.9 Å². The van der Waals surface area contributed by atoms with Crippen LogP contribution in [0.3, 0.4) is 0 Å². The van der Waals surface area contributed by atoms with Crippen molar-refractivity contribution in [3.05, 3.63) is 71.3 Å². The van der Waals surface area contributed by atoms with E-state index in [-0.39, 0.29) is 24.8 Å². The van der Waals surface area contributed by atoms with Gasteiger partial charge in [0.25, 0.3) is 0 Å². The van der Waals surface area contributed by atoms with Gasteiger partial charge in [-0.15, -0.1) is 0 Å². The van der Waals surface area contributed by atoms with Gasteiger partial charge in [-0.1, -0.05) is 30.3 Å². The SMILES string of the molecule is OC(COCc1ccccc1F)CN1CCC(Cc2cccc(F)c2)CC1. The lowest BCUT2D eigenvalue weighted by Gasteiger charge is -2.33. The third-order valence-corrected chi connectivity index (χ3v) is 5.12. The normalized spacial score (nSPS) is 17.1. The summed E-state index contributed by atoms with van der Waals surface area (Å²) in [6.07, 6.45) is 2.40. The maximum Gasteiger partial charge on any atom is 0.128 e. The second kappa shape index (κ2) is 9.93. The predicted molar refractivity (Wildman–Crippen MR) is 101 cm³/mol. The molecule has 2 aromatic rings. The maximum absolute atomic E-state index is 13.5. The molecule has 0 bridgehead atoms. The zero-order valence-electron chi connectivity index (χ0n) is 15.5. The third kappa shape index (κ3) is 6.38. The molecule has 0 aromatic heterocycles. The summed E-state index contributed by atoms with van der Waals surface area (Å²) < 4.78 is 32.3. The van der Waals surface area contributed by atoms with Gasteiger partial charge in [0, 0.05) is 12.1 Å². The van der Waals surface area contributed by atoms with E-state index < -0.39 is 6.10 Å². The minimum Gasteiger partial charge on any atom is -0.389 e. The third-order valence-electron chi connectivity index (χ3n) is 5.12. The van der Waals surface area contributed by atoms with Crippen molar-refractivity contribution in [3.63, 3.8) is 0 Å². The van der Waals surface area contributed by atoms with Crippen LogP contribution in [0.1, 0.15) is 24.0 Å². The Bertz CT molecular complexity index is 717. The Hall–Kier alpha value is -1.82. The summed E-state index contributed by atoms with van der Waals surface area (Å²) in [6.45, 7) is 2.76. The highest BCUT2D eigenvalue weighted by atomic mass is 19.1. The summed E-state index contributed by atoms with van der Waals surface area (Å²) in [5, 5.41) is 10.2. The molecule has 1 unspecified atom stereocenters. The molecule has 5 heteroatoms. The van der Waals surface area contributed by atoms with Crippen molar-refractivity contribution in [1.29, 1.82) is 0 Å². The number of nitrogens with zero attached hydrogens (tertiary/aromatic N) is 1. The molecule has 0 aliphatic carbocycles. The summed E-state index contributed by atoms with van der Waals surface area (Å²) >= 11 is 0. The molecule has 1 aliphatic heterocycles. The van der Waals surface area contributed by atoms with Gasteiger partial charge in [-0.05, 0) is 62.0 Å². The van der Waals surface area contributed by atoms with Gasteiger partial charge in [0.2, 0.25) is 0 Å². The van der Waals surface area contributed by atoms with Crippen molar-refractivity contribution in [2.45, 2.75) is 32.0 Å². The molecular weight excluding hydrogens is 348 g/mol. The van der Waals surface area contributed by atoms with Crippen LogP contribution in [0.4, 0.5) is 8.78 Å². The topological polar surface area (TPSA) is 32.7 Å². The van der Waals surface area contributed by atoms with E-state index in [1.54, 1.807) is 30.3 Å². The van der Waals surface area contributed by atoms with Crippen molar-refractivity contribution >= 4 is 0 Å². The Morgan fingerprint density at radius 2 is 1.85 bits per heavy atom. The Labute approximate surface area is 159 Å². The van der Waals surface area contributed by atoms with Gasteiger partial charge in [0.05, 0.1) is 19.3 Å². The monoisotopic (exact) mass is 375 g/mol.